The molecule has 1 aromatic rings. The average molecular weight is 215 g/mol. The van der Waals surface area contributed by atoms with Crippen molar-refractivity contribution >= 4 is 16.7 Å². The van der Waals surface area contributed by atoms with Gasteiger partial charge >= 0.3 is 0 Å². The Morgan fingerprint density at radius 2 is 2.21 bits per heavy atom. The number of aliphatic hydroxyl groups is 1. The Balaban J connectivity index is 2.67. The normalized spacial score (nSPS) is 10.9. The van der Waals surface area contributed by atoms with E-state index in [4.69, 9.17) is 5.11 Å². The van der Waals surface area contributed by atoms with Crippen molar-refractivity contribution in [3.05, 3.63) is 5.82 Å². The van der Waals surface area contributed by atoms with Crippen LogP contribution in [0.5, 0.6) is 0 Å². The van der Waals surface area contributed by atoms with Crippen LogP contribution in [0, 0.1) is 6.92 Å². The Morgan fingerprint density at radius 1 is 1.50 bits per heavy atom. The molecule has 0 bridgehead atoms. The maximum absolute atomic E-state index is 8.79. The van der Waals surface area contributed by atoms with Crippen LogP contribution in [0.25, 0.3) is 0 Å². The molecule has 0 atom stereocenters. The van der Waals surface area contributed by atoms with Crippen LogP contribution in [0.15, 0.2) is 0 Å². The smallest absolute Gasteiger partial charge is 0.205 e. The maximum atomic E-state index is 8.79. The van der Waals surface area contributed by atoms with E-state index in [-0.39, 0.29) is 6.61 Å². The van der Waals surface area contributed by atoms with Crippen molar-refractivity contribution in [2.24, 2.45) is 0 Å². The van der Waals surface area contributed by atoms with Crippen LogP contribution in [0.2, 0.25) is 0 Å². The first kappa shape index (κ1) is 11.4. The molecule has 0 aliphatic carbocycles. The van der Waals surface area contributed by atoms with Crippen molar-refractivity contribution in [1.29, 1.82) is 0 Å². The van der Waals surface area contributed by atoms with E-state index in [0.29, 0.717) is 6.04 Å². The van der Waals surface area contributed by atoms with Crippen molar-refractivity contribution in [3.63, 3.8) is 0 Å². The van der Waals surface area contributed by atoms with E-state index in [1.165, 1.54) is 11.5 Å². The van der Waals surface area contributed by atoms with Gasteiger partial charge in [0.2, 0.25) is 5.13 Å². The molecular formula is C9H17N3OS. The highest BCUT2D eigenvalue weighted by atomic mass is 32.1. The van der Waals surface area contributed by atoms with Gasteiger partial charge in [-0.2, -0.15) is 4.37 Å². The van der Waals surface area contributed by atoms with Gasteiger partial charge in [-0.15, -0.1) is 0 Å². The van der Waals surface area contributed by atoms with Gasteiger partial charge in [-0.1, -0.05) is 0 Å². The molecule has 5 heteroatoms. The van der Waals surface area contributed by atoms with Crippen molar-refractivity contribution < 1.29 is 5.11 Å². The zero-order valence-electron chi connectivity index (χ0n) is 8.90. The first-order valence-electron chi connectivity index (χ1n) is 4.83. The van der Waals surface area contributed by atoms with Gasteiger partial charge in [0, 0.05) is 30.7 Å². The van der Waals surface area contributed by atoms with Crippen LogP contribution in [-0.4, -0.2) is 33.7 Å². The summed E-state index contributed by atoms with van der Waals surface area (Å²) in [5.41, 5.74) is 0. The van der Waals surface area contributed by atoms with Crippen LogP contribution in [-0.2, 0) is 0 Å². The van der Waals surface area contributed by atoms with E-state index in [9.17, 15) is 0 Å². The van der Waals surface area contributed by atoms with E-state index < -0.39 is 0 Å². The Bertz CT molecular complexity index is 275. The number of aromatic nitrogens is 2. The summed E-state index contributed by atoms with van der Waals surface area (Å²) in [6.45, 7) is 7.19. The standard InChI is InChI=1S/C9H17N3OS/c1-7(2)12(5-4-6-13)9-10-8(3)11-14-9/h7,13H,4-6H2,1-3H3. The van der Waals surface area contributed by atoms with E-state index in [2.05, 4.69) is 28.1 Å². The van der Waals surface area contributed by atoms with Gasteiger partial charge < -0.3 is 10.0 Å². The minimum atomic E-state index is 0.223. The molecule has 0 radical (unpaired) electrons. The molecule has 0 fully saturated rings. The fraction of sp³-hybridized carbons (Fsp3) is 0.778. The third-order valence-electron chi connectivity index (χ3n) is 1.94. The molecule has 1 aromatic heterocycles. The van der Waals surface area contributed by atoms with Crippen molar-refractivity contribution in [3.8, 4) is 0 Å². The number of hydrogen-bond donors (Lipinski definition) is 1. The number of hydrogen-bond acceptors (Lipinski definition) is 5. The molecule has 0 aromatic carbocycles. The monoisotopic (exact) mass is 215 g/mol. The summed E-state index contributed by atoms with van der Waals surface area (Å²) < 4.78 is 4.15. The predicted octanol–water partition coefficient (Wildman–Crippen LogP) is 1.44. The van der Waals surface area contributed by atoms with Gasteiger partial charge in [0.25, 0.3) is 0 Å². The van der Waals surface area contributed by atoms with Gasteiger partial charge in [-0.25, -0.2) is 4.98 Å². The molecule has 0 saturated heterocycles. The highest BCUT2D eigenvalue weighted by Gasteiger charge is 2.13. The van der Waals surface area contributed by atoms with Gasteiger partial charge in [0.1, 0.15) is 5.82 Å². The van der Waals surface area contributed by atoms with E-state index >= 15 is 0 Å². The number of nitrogens with zero attached hydrogens (tertiary/aromatic N) is 3. The predicted molar refractivity (Wildman–Crippen MR) is 58.8 cm³/mol. The molecule has 1 N–H and O–H groups in total. The molecule has 0 spiro atoms. The fourth-order valence-corrected chi connectivity index (χ4v) is 2.05. The maximum Gasteiger partial charge on any atom is 0.205 e. The van der Waals surface area contributed by atoms with Crippen LogP contribution in [0.4, 0.5) is 5.13 Å². The second-order valence-electron chi connectivity index (χ2n) is 3.49. The number of aliphatic hydroxyl groups excluding tert-OH is 1. The summed E-state index contributed by atoms with van der Waals surface area (Å²) in [5.74, 6) is 0.819. The second kappa shape index (κ2) is 5.26. The minimum Gasteiger partial charge on any atom is -0.396 e. The van der Waals surface area contributed by atoms with Crippen molar-refractivity contribution in [2.75, 3.05) is 18.1 Å². The summed E-state index contributed by atoms with van der Waals surface area (Å²) in [6, 6.07) is 0.397. The van der Waals surface area contributed by atoms with Crippen molar-refractivity contribution in [2.45, 2.75) is 33.2 Å². The van der Waals surface area contributed by atoms with Crippen LogP contribution in [0.1, 0.15) is 26.1 Å². The van der Waals surface area contributed by atoms with Crippen LogP contribution in [0.3, 0.4) is 0 Å². The quantitative estimate of drug-likeness (QED) is 0.807. The third-order valence-corrected chi connectivity index (χ3v) is 2.79. The zero-order valence-corrected chi connectivity index (χ0v) is 9.71. The van der Waals surface area contributed by atoms with Crippen LogP contribution >= 0.6 is 11.5 Å². The first-order valence-corrected chi connectivity index (χ1v) is 5.60. The summed E-state index contributed by atoms with van der Waals surface area (Å²) >= 11 is 1.42. The van der Waals surface area contributed by atoms with Gasteiger partial charge in [-0.05, 0) is 27.2 Å². The third kappa shape index (κ3) is 2.92. The Labute approximate surface area is 88.8 Å². The molecule has 0 saturated carbocycles. The van der Waals surface area contributed by atoms with Crippen LogP contribution < -0.4 is 4.90 Å². The molecule has 1 rings (SSSR count). The molecule has 0 aliphatic heterocycles. The summed E-state index contributed by atoms with van der Waals surface area (Å²) in [4.78, 5) is 6.50. The topological polar surface area (TPSA) is 49.2 Å². The molecule has 4 nitrogen and oxygen atoms in total. The Hall–Kier alpha value is -0.680. The summed E-state index contributed by atoms with van der Waals surface area (Å²) in [5, 5.41) is 9.74. The minimum absolute atomic E-state index is 0.223. The van der Waals surface area contributed by atoms with Gasteiger partial charge in [0.15, 0.2) is 0 Å². The molecule has 14 heavy (non-hydrogen) atoms. The van der Waals surface area contributed by atoms with E-state index in [0.717, 1.165) is 23.9 Å². The number of rotatable bonds is 5. The first-order chi connectivity index (χ1) is 6.65. The SMILES string of the molecule is Cc1nsc(N(CCCO)C(C)C)n1. The lowest BCUT2D eigenvalue weighted by Crippen LogP contribution is -2.32. The second-order valence-corrected chi connectivity index (χ2v) is 4.22. The molecule has 80 valence electrons. The summed E-state index contributed by atoms with van der Waals surface area (Å²) in [7, 11) is 0. The lowest BCUT2D eigenvalue weighted by Gasteiger charge is -2.25. The summed E-state index contributed by atoms with van der Waals surface area (Å²) in [6.07, 6.45) is 0.775. The lowest BCUT2D eigenvalue weighted by atomic mass is 10.3. The number of aryl methyl sites for hydroxylation is 1. The molecular weight excluding hydrogens is 198 g/mol. The lowest BCUT2D eigenvalue weighted by molar-refractivity contribution is 0.288. The van der Waals surface area contributed by atoms with E-state index in [1.54, 1.807) is 0 Å². The zero-order chi connectivity index (χ0) is 10.6. The fourth-order valence-electron chi connectivity index (χ4n) is 1.22. The van der Waals surface area contributed by atoms with Gasteiger partial charge in [-0.3, -0.25) is 0 Å². The Morgan fingerprint density at radius 3 is 2.64 bits per heavy atom. The Kier molecular flexibility index (Phi) is 4.28. The number of anilines is 1. The molecule has 1 heterocycles. The highest BCUT2D eigenvalue weighted by molar-refractivity contribution is 7.09. The molecule has 0 aliphatic rings. The highest BCUT2D eigenvalue weighted by Crippen LogP contribution is 2.19. The van der Waals surface area contributed by atoms with Gasteiger partial charge in [0.05, 0.1) is 0 Å². The largest absolute Gasteiger partial charge is 0.396 e. The van der Waals surface area contributed by atoms with Crippen molar-refractivity contribution in [1.82, 2.24) is 9.36 Å². The molecule has 0 unspecified atom stereocenters. The van der Waals surface area contributed by atoms with E-state index in [1.807, 2.05) is 6.92 Å². The average Bonchev–Trinajstić information content (AvgIpc) is 2.52. The molecule has 0 amide bonds.